The second-order valence-electron chi connectivity index (χ2n) is 5.50. The van der Waals surface area contributed by atoms with E-state index in [1.165, 1.54) is 48.1 Å². The second-order valence-corrected chi connectivity index (χ2v) is 7.35. The molecule has 0 saturated carbocycles. The minimum atomic E-state index is -0.638. The number of fused-ring (bicyclic) bond motifs is 1. The van der Waals surface area contributed by atoms with Gasteiger partial charge in [-0.15, -0.1) is 0 Å². The van der Waals surface area contributed by atoms with Gasteiger partial charge in [0.2, 0.25) is 0 Å². The lowest BCUT2D eigenvalue weighted by molar-refractivity contribution is -0.384. The molecular weight excluding hydrogens is 429 g/mol. The summed E-state index contributed by atoms with van der Waals surface area (Å²) in [6, 6.07) is 8.55. The first-order chi connectivity index (χ1) is 13.3. The fourth-order valence-electron chi connectivity index (χ4n) is 2.41. The van der Waals surface area contributed by atoms with Crippen LogP contribution in [0.15, 0.2) is 41.4 Å². The van der Waals surface area contributed by atoms with Crippen molar-refractivity contribution in [2.45, 2.75) is 6.54 Å². The van der Waals surface area contributed by atoms with Crippen LogP contribution in [0.1, 0.15) is 10.4 Å². The van der Waals surface area contributed by atoms with Crippen LogP contribution in [0.25, 0.3) is 10.2 Å². The molecule has 0 bridgehead atoms. The van der Waals surface area contributed by atoms with E-state index in [1.54, 1.807) is 0 Å². The highest BCUT2D eigenvalue weighted by atomic mass is 35.5. The summed E-state index contributed by atoms with van der Waals surface area (Å²) in [5.41, 5.74) is 0.375. The molecule has 1 heterocycles. The van der Waals surface area contributed by atoms with Crippen molar-refractivity contribution in [3.05, 3.63) is 66.9 Å². The highest BCUT2D eigenvalue weighted by Crippen LogP contribution is 2.24. The van der Waals surface area contributed by atoms with Crippen molar-refractivity contribution in [1.29, 1.82) is 0 Å². The van der Waals surface area contributed by atoms with Gasteiger partial charge >= 0.3 is 5.97 Å². The number of hydrogen-bond acceptors (Lipinski definition) is 6. The standard InChI is InChI=1S/C17H11Cl2N3O5S/c1-27-15(23)8-21-13-7-10(22(25)26)3-5-14(13)28-17(21)20-16(24)11-4-2-9(18)6-12(11)19/h2-7H,8H2,1H3. The summed E-state index contributed by atoms with van der Waals surface area (Å²) in [7, 11) is 1.22. The number of amides is 1. The molecule has 0 unspecified atom stereocenters. The summed E-state index contributed by atoms with van der Waals surface area (Å²) < 4.78 is 6.68. The maximum Gasteiger partial charge on any atom is 0.325 e. The number of nitro groups is 1. The normalized spacial score (nSPS) is 11.6. The van der Waals surface area contributed by atoms with Crippen LogP contribution in [0, 0.1) is 10.1 Å². The van der Waals surface area contributed by atoms with Gasteiger partial charge in [-0.2, -0.15) is 4.99 Å². The Hall–Kier alpha value is -2.75. The van der Waals surface area contributed by atoms with Crippen LogP contribution >= 0.6 is 34.5 Å². The number of carbonyl (C=O) groups is 2. The summed E-state index contributed by atoms with van der Waals surface area (Å²) in [6.45, 7) is -0.266. The van der Waals surface area contributed by atoms with E-state index < -0.39 is 16.8 Å². The van der Waals surface area contributed by atoms with Gasteiger partial charge in [0.25, 0.3) is 11.6 Å². The molecule has 28 heavy (non-hydrogen) atoms. The van der Waals surface area contributed by atoms with E-state index in [2.05, 4.69) is 9.73 Å². The third kappa shape index (κ3) is 4.06. The topological polar surface area (TPSA) is 104 Å². The number of rotatable bonds is 4. The van der Waals surface area contributed by atoms with Gasteiger partial charge in [0.05, 0.1) is 32.8 Å². The molecule has 3 aromatic rings. The van der Waals surface area contributed by atoms with E-state index in [1.807, 2.05) is 0 Å². The predicted octanol–water partition coefficient (Wildman–Crippen LogP) is 3.83. The smallest absolute Gasteiger partial charge is 0.325 e. The summed E-state index contributed by atoms with van der Waals surface area (Å²) >= 11 is 13.0. The number of methoxy groups -OCH3 is 1. The predicted molar refractivity (Wildman–Crippen MR) is 105 cm³/mol. The molecule has 144 valence electrons. The lowest BCUT2D eigenvalue weighted by Gasteiger charge is -2.04. The van der Waals surface area contributed by atoms with Crippen molar-refractivity contribution in [3.8, 4) is 0 Å². The Bertz CT molecular complexity index is 1190. The number of carbonyl (C=O) groups excluding carboxylic acids is 2. The number of non-ortho nitro benzene ring substituents is 1. The fraction of sp³-hybridized carbons (Fsp3) is 0.118. The molecule has 0 spiro atoms. The molecule has 0 saturated heterocycles. The molecule has 0 aliphatic heterocycles. The highest BCUT2D eigenvalue weighted by molar-refractivity contribution is 7.16. The third-order valence-electron chi connectivity index (χ3n) is 3.75. The average Bonchev–Trinajstić information content (AvgIpc) is 2.97. The number of hydrogen-bond donors (Lipinski definition) is 0. The summed E-state index contributed by atoms with van der Waals surface area (Å²) in [5.74, 6) is -1.23. The van der Waals surface area contributed by atoms with Crippen LogP contribution in [-0.2, 0) is 16.1 Å². The van der Waals surface area contributed by atoms with E-state index in [0.717, 1.165) is 11.3 Å². The van der Waals surface area contributed by atoms with Gasteiger partial charge in [0, 0.05) is 17.2 Å². The zero-order valence-corrected chi connectivity index (χ0v) is 16.5. The number of ether oxygens (including phenoxy) is 1. The van der Waals surface area contributed by atoms with Crippen LogP contribution < -0.4 is 4.80 Å². The Morgan fingerprint density at radius 3 is 2.64 bits per heavy atom. The van der Waals surface area contributed by atoms with E-state index in [0.29, 0.717) is 15.2 Å². The number of halogens is 2. The molecule has 1 amide bonds. The number of benzene rings is 2. The molecule has 0 fully saturated rings. The van der Waals surface area contributed by atoms with E-state index in [9.17, 15) is 19.7 Å². The van der Waals surface area contributed by atoms with Crippen LogP contribution in [0.2, 0.25) is 10.0 Å². The Labute approximate surface area is 171 Å². The molecule has 2 aromatic carbocycles. The molecule has 0 aliphatic carbocycles. The number of nitro benzene ring substituents is 1. The molecule has 8 nitrogen and oxygen atoms in total. The summed E-state index contributed by atoms with van der Waals surface area (Å²) in [5, 5.41) is 11.6. The SMILES string of the molecule is COC(=O)Cn1c(=NC(=O)c2ccc(Cl)cc2Cl)sc2ccc([N+](=O)[O-])cc21. The molecule has 3 rings (SSSR count). The summed E-state index contributed by atoms with van der Waals surface area (Å²) in [6.07, 6.45) is 0. The van der Waals surface area contributed by atoms with Crippen molar-refractivity contribution in [3.63, 3.8) is 0 Å². The van der Waals surface area contributed by atoms with Gasteiger partial charge < -0.3 is 9.30 Å². The Kier molecular flexibility index (Phi) is 5.78. The minimum Gasteiger partial charge on any atom is -0.468 e. The highest BCUT2D eigenvalue weighted by Gasteiger charge is 2.16. The number of esters is 1. The van der Waals surface area contributed by atoms with Crippen LogP contribution in [-0.4, -0.2) is 28.5 Å². The first-order valence-corrected chi connectivity index (χ1v) is 9.26. The van der Waals surface area contributed by atoms with Crippen molar-refractivity contribution >= 4 is 62.3 Å². The number of aromatic nitrogens is 1. The van der Waals surface area contributed by atoms with Gasteiger partial charge in [0.15, 0.2) is 4.80 Å². The van der Waals surface area contributed by atoms with Gasteiger partial charge in [-0.3, -0.25) is 19.7 Å². The first-order valence-electron chi connectivity index (χ1n) is 7.69. The molecule has 0 radical (unpaired) electrons. The fourth-order valence-corrected chi connectivity index (χ4v) is 3.91. The van der Waals surface area contributed by atoms with Crippen molar-refractivity contribution in [1.82, 2.24) is 4.57 Å². The minimum absolute atomic E-state index is 0.137. The van der Waals surface area contributed by atoms with Gasteiger partial charge in [-0.1, -0.05) is 34.5 Å². The van der Waals surface area contributed by atoms with E-state index in [-0.39, 0.29) is 27.6 Å². The van der Waals surface area contributed by atoms with Crippen LogP contribution in [0.4, 0.5) is 5.69 Å². The van der Waals surface area contributed by atoms with Gasteiger partial charge in [0.1, 0.15) is 6.54 Å². The molecular formula is C17H11Cl2N3O5S. The molecule has 0 atom stereocenters. The largest absolute Gasteiger partial charge is 0.468 e. The quantitative estimate of drug-likeness (QED) is 0.349. The number of nitrogens with zero attached hydrogens (tertiary/aromatic N) is 3. The summed E-state index contributed by atoms with van der Waals surface area (Å²) in [4.78, 5) is 39.1. The van der Waals surface area contributed by atoms with Crippen molar-refractivity contribution in [2.24, 2.45) is 4.99 Å². The monoisotopic (exact) mass is 439 g/mol. The molecule has 1 aromatic heterocycles. The Balaban J connectivity index is 2.19. The van der Waals surface area contributed by atoms with Crippen LogP contribution in [0.3, 0.4) is 0 Å². The first kappa shape index (κ1) is 20.0. The zero-order chi connectivity index (χ0) is 20.4. The number of thiazole rings is 1. The van der Waals surface area contributed by atoms with Gasteiger partial charge in [-0.05, 0) is 24.3 Å². The van der Waals surface area contributed by atoms with E-state index >= 15 is 0 Å². The molecule has 11 heteroatoms. The van der Waals surface area contributed by atoms with Gasteiger partial charge in [-0.25, -0.2) is 0 Å². The Morgan fingerprint density at radius 2 is 2.00 bits per heavy atom. The maximum atomic E-state index is 12.6. The van der Waals surface area contributed by atoms with Crippen LogP contribution in [0.5, 0.6) is 0 Å². The second kappa shape index (κ2) is 8.09. The Morgan fingerprint density at radius 1 is 1.25 bits per heavy atom. The van der Waals surface area contributed by atoms with Crippen molar-refractivity contribution < 1.29 is 19.2 Å². The lowest BCUT2D eigenvalue weighted by atomic mass is 10.2. The lowest BCUT2D eigenvalue weighted by Crippen LogP contribution is -2.22. The zero-order valence-electron chi connectivity index (χ0n) is 14.2. The van der Waals surface area contributed by atoms with Crippen molar-refractivity contribution in [2.75, 3.05) is 7.11 Å². The maximum absolute atomic E-state index is 12.6. The van der Waals surface area contributed by atoms with E-state index in [4.69, 9.17) is 23.2 Å². The molecule has 0 N–H and O–H groups in total. The third-order valence-corrected chi connectivity index (χ3v) is 5.36. The molecule has 0 aliphatic rings. The average molecular weight is 440 g/mol.